The Morgan fingerprint density at radius 1 is 1.05 bits per heavy atom. The van der Waals surface area contributed by atoms with Crippen LogP contribution in [0.5, 0.6) is 0 Å². The molecule has 0 spiro atoms. The highest BCUT2D eigenvalue weighted by atomic mass is 16.6. The average molecular weight is 269 g/mol. The minimum Gasteiger partial charge on any atom is -0.449 e. The first-order valence-corrected chi connectivity index (χ1v) is 6.48. The molecule has 1 amide bonds. The normalized spacial score (nSPS) is 10.7. The molecule has 0 saturated carbocycles. The van der Waals surface area contributed by atoms with E-state index < -0.39 is 6.09 Å². The van der Waals surface area contributed by atoms with Gasteiger partial charge >= 0.3 is 6.09 Å². The molecule has 20 heavy (non-hydrogen) atoms. The summed E-state index contributed by atoms with van der Waals surface area (Å²) in [7, 11) is 0. The second-order valence-corrected chi connectivity index (χ2v) is 4.33. The molecule has 1 heterocycles. The summed E-state index contributed by atoms with van der Waals surface area (Å²) in [6.07, 6.45) is -0.505. The van der Waals surface area contributed by atoms with E-state index in [0.29, 0.717) is 6.61 Å². The van der Waals surface area contributed by atoms with Crippen LogP contribution in [0.25, 0.3) is 21.8 Å². The molecule has 0 aliphatic carbocycles. The van der Waals surface area contributed by atoms with Crippen molar-refractivity contribution in [1.29, 1.82) is 0 Å². The number of hydrogen-bond donors (Lipinski definition) is 2. The molecule has 0 atom stereocenters. The molecule has 0 aliphatic heterocycles. The second-order valence-electron chi connectivity index (χ2n) is 4.33. The smallest absolute Gasteiger partial charge is 0.427 e. The van der Waals surface area contributed by atoms with Crippen molar-refractivity contribution >= 4 is 27.9 Å². The van der Waals surface area contributed by atoms with Crippen LogP contribution in [0.15, 0.2) is 48.5 Å². The van der Waals surface area contributed by atoms with Gasteiger partial charge < -0.3 is 4.74 Å². The van der Waals surface area contributed by atoms with Crippen LogP contribution in [0.2, 0.25) is 0 Å². The lowest BCUT2D eigenvalue weighted by molar-refractivity contribution is 0.153. The molecule has 0 unspecified atom stereocenters. The molecule has 0 radical (unpaired) electrons. The van der Waals surface area contributed by atoms with E-state index in [0.717, 1.165) is 21.8 Å². The van der Waals surface area contributed by atoms with Crippen molar-refractivity contribution < 1.29 is 9.53 Å². The summed E-state index contributed by atoms with van der Waals surface area (Å²) < 4.78 is 6.67. The third kappa shape index (κ3) is 2.03. The first kappa shape index (κ1) is 12.3. The van der Waals surface area contributed by atoms with E-state index >= 15 is 0 Å². The fraction of sp³-hybridized carbons (Fsp3) is 0.133. The van der Waals surface area contributed by atoms with Gasteiger partial charge in [0.1, 0.15) is 0 Å². The molecule has 1 aromatic heterocycles. The summed E-state index contributed by atoms with van der Waals surface area (Å²) in [5, 5.41) is 2.25. The van der Waals surface area contributed by atoms with Crippen LogP contribution in [-0.2, 0) is 4.74 Å². The third-order valence-electron chi connectivity index (χ3n) is 3.13. The van der Waals surface area contributed by atoms with Crippen LogP contribution in [0.1, 0.15) is 6.92 Å². The first-order valence-electron chi connectivity index (χ1n) is 6.48. The molecule has 0 aliphatic rings. The van der Waals surface area contributed by atoms with Gasteiger partial charge in [-0.1, -0.05) is 36.4 Å². The fourth-order valence-electron chi connectivity index (χ4n) is 2.31. The average Bonchev–Trinajstić information content (AvgIpc) is 2.80. The van der Waals surface area contributed by atoms with Gasteiger partial charge in [-0.25, -0.2) is 20.4 Å². The van der Waals surface area contributed by atoms with Crippen LogP contribution in [-0.4, -0.2) is 17.4 Å². The number of para-hydroxylation sites is 2. The number of nitrogens with zero attached hydrogens (tertiary/aromatic N) is 1. The minimum atomic E-state index is -0.505. The monoisotopic (exact) mass is 269 g/mol. The van der Waals surface area contributed by atoms with Crippen molar-refractivity contribution in [3.63, 3.8) is 0 Å². The lowest BCUT2D eigenvalue weighted by Crippen LogP contribution is -2.35. The SMILES string of the molecule is CCOC(=O)NNn1c2ccccc2c2ccccc21. The molecular formula is C15H15N3O2. The lowest BCUT2D eigenvalue weighted by atomic mass is 10.2. The number of carbonyl (C=O) groups is 1. The number of fused-ring (bicyclic) bond motifs is 3. The van der Waals surface area contributed by atoms with E-state index in [1.54, 1.807) is 6.92 Å². The third-order valence-corrected chi connectivity index (χ3v) is 3.13. The van der Waals surface area contributed by atoms with E-state index in [-0.39, 0.29) is 0 Å². The van der Waals surface area contributed by atoms with Gasteiger partial charge in [-0.2, -0.15) is 0 Å². The summed E-state index contributed by atoms with van der Waals surface area (Å²) in [5.74, 6) is 0. The number of ether oxygens (including phenoxy) is 1. The molecule has 2 aromatic carbocycles. The Bertz CT molecular complexity index is 711. The summed E-state index contributed by atoms with van der Waals surface area (Å²) in [4.78, 5) is 11.4. The highest BCUT2D eigenvalue weighted by Crippen LogP contribution is 2.27. The van der Waals surface area contributed by atoms with E-state index in [1.165, 1.54) is 0 Å². The minimum absolute atomic E-state index is 0.334. The summed E-state index contributed by atoms with van der Waals surface area (Å²) in [6.45, 7) is 2.10. The number of aromatic nitrogens is 1. The first-order chi connectivity index (χ1) is 9.81. The van der Waals surface area contributed by atoms with Crippen molar-refractivity contribution in [2.75, 3.05) is 12.1 Å². The van der Waals surface area contributed by atoms with Crippen LogP contribution in [0, 0.1) is 0 Å². The highest BCUT2D eigenvalue weighted by Gasteiger charge is 2.09. The Morgan fingerprint density at radius 2 is 1.60 bits per heavy atom. The largest absolute Gasteiger partial charge is 0.449 e. The zero-order chi connectivity index (χ0) is 13.9. The number of carbonyl (C=O) groups excluding carboxylic acids is 1. The van der Waals surface area contributed by atoms with Crippen molar-refractivity contribution in [2.45, 2.75) is 6.92 Å². The van der Waals surface area contributed by atoms with Gasteiger partial charge in [-0.3, -0.25) is 0 Å². The molecule has 2 N–H and O–H groups in total. The molecule has 5 nitrogen and oxygen atoms in total. The number of nitrogens with one attached hydrogen (secondary N) is 2. The predicted molar refractivity (Wildman–Crippen MR) is 79.0 cm³/mol. The van der Waals surface area contributed by atoms with Gasteiger partial charge in [0.2, 0.25) is 0 Å². The molecule has 0 bridgehead atoms. The Balaban J connectivity index is 2.05. The molecule has 3 aromatic rings. The Kier molecular flexibility index (Phi) is 3.16. The molecule has 0 saturated heterocycles. The predicted octanol–water partition coefficient (Wildman–Crippen LogP) is 3.00. The molecule has 102 valence electrons. The lowest BCUT2D eigenvalue weighted by Gasteiger charge is -2.11. The van der Waals surface area contributed by atoms with E-state index in [2.05, 4.69) is 23.1 Å². The van der Waals surface area contributed by atoms with Gasteiger partial charge in [0.25, 0.3) is 0 Å². The van der Waals surface area contributed by atoms with Gasteiger partial charge in [-0.05, 0) is 19.1 Å². The summed E-state index contributed by atoms with van der Waals surface area (Å²) in [5.41, 5.74) is 7.39. The topological polar surface area (TPSA) is 55.3 Å². The van der Waals surface area contributed by atoms with Crippen molar-refractivity contribution in [3.8, 4) is 0 Å². The molecule has 5 heteroatoms. The molecule has 0 fully saturated rings. The van der Waals surface area contributed by atoms with Crippen molar-refractivity contribution in [2.24, 2.45) is 0 Å². The van der Waals surface area contributed by atoms with E-state index in [9.17, 15) is 4.79 Å². The highest BCUT2D eigenvalue weighted by molar-refractivity contribution is 6.08. The Morgan fingerprint density at radius 3 is 2.15 bits per heavy atom. The van der Waals surface area contributed by atoms with Crippen LogP contribution in [0.3, 0.4) is 0 Å². The maximum atomic E-state index is 11.4. The van der Waals surface area contributed by atoms with Crippen LogP contribution in [0.4, 0.5) is 4.79 Å². The van der Waals surface area contributed by atoms with E-state index in [1.807, 2.05) is 41.1 Å². The quantitative estimate of drug-likeness (QED) is 0.719. The zero-order valence-electron chi connectivity index (χ0n) is 11.1. The Labute approximate surface area is 116 Å². The van der Waals surface area contributed by atoms with Crippen molar-refractivity contribution in [1.82, 2.24) is 10.1 Å². The number of amides is 1. The Hall–Kier alpha value is -2.69. The molecule has 3 rings (SSSR count). The zero-order valence-corrected chi connectivity index (χ0v) is 11.1. The van der Waals surface area contributed by atoms with Gasteiger partial charge in [0.15, 0.2) is 0 Å². The maximum absolute atomic E-state index is 11.4. The van der Waals surface area contributed by atoms with Crippen LogP contribution >= 0.6 is 0 Å². The second kappa shape index (κ2) is 5.13. The fourth-order valence-corrected chi connectivity index (χ4v) is 2.31. The van der Waals surface area contributed by atoms with Crippen LogP contribution < -0.4 is 11.0 Å². The number of hydrogen-bond acceptors (Lipinski definition) is 3. The standard InChI is InChI=1S/C15H15N3O2/c1-2-20-15(19)16-17-18-13-9-5-3-7-11(13)12-8-4-6-10-14(12)18/h3-10,17H,2H2,1H3,(H,16,19). The van der Waals surface area contributed by atoms with Gasteiger partial charge in [0, 0.05) is 10.8 Å². The van der Waals surface area contributed by atoms with Gasteiger partial charge in [-0.15, -0.1) is 0 Å². The van der Waals surface area contributed by atoms with E-state index in [4.69, 9.17) is 4.74 Å². The van der Waals surface area contributed by atoms with Gasteiger partial charge in [0.05, 0.1) is 17.6 Å². The number of benzene rings is 2. The number of hydrazine groups is 1. The number of rotatable bonds is 3. The summed E-state index contributed by atoms with van der Waals surface area (Å²) in [6, 6.07) is 16.0. The molecular weight excluding hydrogens is 254 g/mol. The summed E-state index contributed by atoms with van der Waals surface area (Å²) >= 11 is 0. The van der Waals surface area contributed by atoms with Crippen molar-refractivity contribution in [3.05, 3.63) is 48.5 Å². The maximum Gasteiger partial charge on any atom is 0.427 e.